The molecule has 12 nitrogen and oxygen atoms in total. The fourth-order valence-corrected chi connectivity index (χ4v) is 4.10. The topological polar surface area (TPSA) is 155 Å². The van der Waals surface area contributed by atoms with E-state index in [0.717, 1.165) is 18.5 Å². The minimum atomic E-state index is -0.672. The number of nitrogens with zero attached hydrogens (tertiary/aromatic N) is 2. The van der Waals surface area contributed by atoms with Crippen LogP contribution in [0.4, 0.5) is 32.3 Å². The molecule has 0 spiro atoms. The van der Waals surface area contributed by atoms with Gasteiger partial charge in [-0.1, -0.05) is 24.3 Å². The fourth-order valence-electron chi connectivity index (χ4n) is 4.10. The zero-order valence-corrected chi connectivity index (χ0v) is 25.0. The number of benzene rings is 3. The number of rotatable bonds is 11. The van der Waals surface area contributed by atoms with E-state index in [9.17, 15) is 24.5 Å². The zero-order valence-electron chi connectivity index (χ0n) is 25.0. The molecule has 0 aliphatic heterocycles. The van der Waals surface area contributed by atoms with Crippen molar-refractivity contribution in [1.82, 2.24) is 10.2 Å². The maximum atomic E-state index is 13.1. The predicted octanol–water partition coefficient (Wildman–Crippen LogP) is 6.40. The van der Waals surface area contributed by atoms with Gasteiger partial charge in [0, 0.05) is 23.4 Å². The Kier molecular flexibility index (Phi) is 11.2. The number of non-ortho nitro benzene ring substituents is 1. The van der Waals surface area contributed by atoms with Crippen LogP contribution in [0.15, 0.2) is 72.8 Å². The Hall–Kier alpha value is -4.97. The van der Waals surface area contributed by atoms with Gasteiger partial charge >= 0.3 is 12.1 Å². The number of nitrogens with one attached hydrogen (secondary N) is 4. The molecule has 0 aliphatic carbocycles. The summed E-state index contributed by atoms with van der Waals surface area (Å²) in [5, 5.41) is 22.1. The van der Waals surface area contributed by atoms with Crippen LogP contribution < -0.4 is 21.3 Å². The monoisotopic (exact) mass is 590 g/mol. The maximum Gasteiger partial charge on any atom is 0.412 e. The highest BCUT2D eigenvalue weighted by Crippen LogP contribution is 2.24. The van der Waals surface area contributed by atoms with E-state index in [-0.39, 0.29) is 17.6 Å². The molecule has 12 heteroatoms. The first-order valence-electron chi connectivity index (χ1n) is 13.8. The standard InChI is InChI=1S/C31H38N6O6/c1-31(2,3)43-30(40)35-27-10-7-6-9-26(27)33-28(38)22-14-12-21(13-15-22)25(11-8-20-36(4)5)34-29(39)32-23-16-18-24(19-17-23)37(41)42/h6-7,9-10,12-19,25H,8,11,20H2,1-5H3,(H,33,38)(H,35,40)(H2,32,34,39). The van der Waals surface area contributed by atoms with E-state index in [2.05, 4.69) is 26.2 Å². The van der Waals surface area contributed by atoms with Crippen molar-refractivity contribution in [3.63, 3.8) is 0 Å². The number of para-hydroxylation sites is 2. The van der Waals surface area contributed by atoms with Crippen molar-refractivity contribution in [3.8, 4) is 0 Å². The summed E-state index contributed by atoms with van der Waals surface area (Å²) in [6, 6.07) is 18.5. The summed E-state index contributed by atoms with van der Waals surface area (Å²) in [5.74, 6) is -0.377. The molecule has 1 unspecified atom stereocenters. The Labute approximate surface area is 251 Å². The number of hydrogen-bond donors (Lipinski definition) is 4. The van der Waals surface area contributed by atoms with Crippen LogP contribution in [-0.4, -0.2) is 54.1 Å². The molecule has 1 atom stereocenters. The minimum absolute atomic E-state index is 0.0700. The van der Waals surface area contributed by atoms with Crippen LogP contribution in [0, 0.1) is 10.1 Å². The van der Waals surface area contributed by atoms with E-state index in [0.29, 0.717) is 29.0 Å². The van der Waals surface area contributed by atoms with Crippen LogP contribution in [0.3, 0.4) is 0 Å². The van der Waals surface area contributed by atoms with Gasteiger partial charge < -0.3 is 25.6 Å². The number of nitro groups is 1. The fraction of sp³-hybridized carbons (Fsp3) is 0.323. The molecule has 228 valence electrons. The van der Waals surface area contributed by atoms with Gasteiger partial charge in [0.2, 0.25) is 0 Å². The Bertz CT molecular complexity index is 1420. The predicted molar refractivity (Wildman–Crippen MR) is 166 cm³/mol. The molecule has 0 aromatic heterocycles. The summed E-state index contributed by atoms with van der Waals surface area (Å²) in [6.45, 7) is 6.10. The largest absolute Gasteiger partial charge is 0.444 e. The van der Waals surface area contributed by atoms with Gasteiger partial charge in [0.05, 0.1) is 22.3 Å². The number of carbonyl (C=O) groups is 3. The molecular weight excluding hydrogens is 552 g/mol. The normalized spacial score (nSPS) is 11.8. The Morgan fingerprint density at radius 2 is 1.49 bits per heavy atom. The molecule has 0 saturated heterocycles. The average molecular weight is 591 g/mol. The number of urea groups is 1. The molecule has 3 aromatic rings. The summed E-state index contributed by atoms with van der Waals surface area (Å²) < 4.78 is 5.31. The van der Waals surface area contributed by atoms with E-state index < -0.39 is 22.6 Å². The lowest BCUT2D eigenvalue weighted by atomic mass is 10.00. The number of anilines is 3. The van der Waals surface area contributed by atoms with Crippen molar-refractivity contribution in [3.05, 3.63) is 94.0 Å². The van der Waals surface area contributed by atoms with Crippen LogP contribution in [0.5, 0.6) is 0 Å². The highest BCUT2D eigenvalue weighted by molar-refractivity contribution is 6.06. The van der Waals surface area contributed by atoms with Crippen LogP contribution in [0.2, 0.25) is 0 Å². The quantitative estimate of drug-likeness (QED) is 0.149. The summed E-state index contributed by atoms with van der Waals surface area (Å²) in [5.41, 5.74) is 1.68. The maximum absolute atomic E-state index is 13.1. The SMILES string of the molecule is CN(C)CCCC(NC(=O)Nc1ccc([N+](=O)[O-])cc1)c1ccc(C(=O)Nc2ccccc2NC(=O)OC(C)(C)C)cc1. The van der Waals surface area contributed by atoms with E-state index in [1.807, 2.05) is 14.1 Å². The van der Waals surface area contributed by atoms with Crippen molar-refractivity contribution in [1.29, 1.82) is 0 Å². The highest BCUT2D eigenvalue weighted by Gasteiger charge is 2.19. The van der Waals surface area contributed by atoms with Crippen molar-refractivity contribution in [2.45, 2.75) is 45.3 Å². The lowest BCUT2D eigenvalue weighted by Crippen LogP contribution is -2.33. The first-order valence-corrected chi connectivity index (χ1v) is 13.8. The number of carbonyl (C=O) groups excluding carboxylic acids is 3. The van der Waals surface area contributed by atoms with Gasteiger partial charge in [-0.25, -0.2) is 9.59 Å². The number of ether oxygens (including phenoxy) is 1. The van der Waals surface area contributed by atoms with Gasteiger partial charge in [0.1, 0.15) is 5.60 Å². The van der Waals surface area contributed by atoms with E-state index in [1.54, 1.807) is 69.3 Å². The number of nitro benzene ring substituents is 1. The molecular formula is C31H38N6O6. The molecule has 0 fully saturated rings. The van der Waals surface area contributed by atoms with Gasteiger partial charge in [-0.15, -0.1) is 0 Å². The smallest absolute Gasteiger partial charge is 0.412 e. The third-order valence-corrected chi connectivity index (χ3v) is 6.13. The Morgan fingerprint density at radius 1 is 0.884 bits per heavy atom. The van der Waals surface area contributed by atoms with Crippen molar-refractivity contribution < 1.29 is 24.0 Å². The minimum Gasteiger partial charge on any atom is -0.444 e. The van der Waals surface area contributed by atoms with Crippen molar-refractivity contribution in [2.75, 3.05) is 36.6 Å². The molecule has 4 N–H and O–H groups in total. The molecule has 3 aromatic carbocycles. The Morgan fingerprint density at radius 3 is 2.05 bits per heavy atom. The zero-order chi connectivity index (χ0) is 31.6. The molecule has 4 amide bonds. The molecule has 0 saturated carbocycles. The second-order valence-electron chi connectivity index (χ2n) is 11.1. The molecule has 43 heavy (non-hydrogen) atoms. The van der Waals surface area contributed by atoms with Crippen LogP contribution in [0.1, 0.15) is 55.6 Å². The van der Waals surface area contributed by atoms with Crippen LogP contribution >= 0.6 is 0 Å². The first-order chi connectivity index (χ1) is 20.3. The molecule has 0 radical (unpaired) electrons. The highest BCUT2D eigenvalue weighted by atomic mass is 16.6. The molecule has 0 heterocycles. The first kappa shape index (κ1) is 32.5. The van der Waals surface area contributed by atoms with Crippen molar-refractivity contribution in [2.24, 2.45) is 0 Å². The van der Waals surface area contributed by atoms with Gasteiger partial charge in [-0.05, 0) is 96.2 Å². The summed E-state index contributed by atoms with van der Waals surface area (Å²) >= 11 is 0. The third kappa shape index (κ3) is 10.7. The van der Waals surface area contributed by atoms with E-state index >= 15 is 0 Å². The second-order valence-corrected chi connectivity index (χ2v) is 11.1. The van der Waals surface area contributed by atoms with Gasteiger partial charge in [0.15, 0.2) is 0 Å². The number of amides is 4. The molecule has 0 aliphatic rings. The van der Waals surface area contributed by atoms with Gasteiger partial charge in [0.25, 0.3) is 11.6 Å². The van der Waals surface area contributed by atoms with Crippen LogP contribution in [-0.2, 0) is 4.74 Å². The lowest BCUT2D eigenvalue weighted by Gasteiger charge is -2.21. The number of hydrogen-bond acceptors (Lipinski definition) is 7. The van der Waals surface area contributed by atoms with E-state index in [4.69, 9.17) is 4.74 Å². The summed E-state index contributed by atoms with van der Waals surface area (Å²) in [6.07, 6.45) is 0.809. The average Bonchev–Trinajstić information content (AvgIpc) is 2.92. The van der Waals surface area contributed by atoms with Crippen molar-refractivity contribution >= 4 is 40.8 Å². The van der Waals surface area contributed by atoms with Crippen LogP contribution in [0.25, 0.3) is 0 Å². The Balaban J connectivity index is 1.70. The van der Waals surface area contributed by atoms with Gasteiger partial charge in [-0.3, -0.25) is 20.2 Å². The second kappa shape index (κ2) is 14.8. The lowest BCUT2D eigenvalue weighted by molar-refractivity contribution is -0.384. The summed E-state index contributed by atoms with van der Waals surface area (Å²) in [7, 11) is 3.94. The third-order valence-electron chi connectivity index (χ3n) is 6.13. The van der Waals surface area contributed by atoms with E-state index in [1.165, 1.54) is 24.3 Å². The molecule has 0 bridgehead atoms. The van der Waals surface area contributed by atoms with Gasteiger partial charge in [-0.2, -0.15) is 0 Å². The summed E-state index contributed by atoms with van der Waals surface area (Å²) in [4.78, 5) is 50.6. The molecule has 3 rings (SSSR count).